The summed E-state index contributed by atoms with van der Waals surface area (Å²) in [4.78, 5) is 0. The number of hydrogen-bond acceptors (Lipinski definition) is 0. The van der Waals surface area contributed by atoms with Gasteiger partial charge in [0.25, 0.3) is 0 Å². The fourth-order valence-corrected chi connectivity index (χ4v) is 6.23. The molecule has 0 aromatic heterocycles. The number of hydrogen-bond donors (Lipinski definition) is 0. The summed E-state index contributed by atoms with van der Waals surface area (Å²) in [6, 6.07) is 0. The first kappa shape index (κ1) is 39.9. The molecular weight excluding hydrogens is 484 g/mol. The van der Waals surface area contributed by atoms with Crippen LogP contribution in [0.1, 0.15) is 194 Å². The Bertz CT molecular complexity index is 484. The van der Waals surface area contributed by atoms with E-state index in [2.05, 4.69) is 42.0 Å². The molecule has 0 aliphatic carbocycles. The number of nitrogens with zero attached hydrogens (tertiary/aromatic N) is 2. The average molecular weight is 567 g/mol. The van der Waals surface area contributed by atoms with Crippen molar-refractivity contribution in [3.63, 3.8) is 0 Å². The van der Waals surface area contributed by atoms with Crippen LogP contribution in [0.3, 0.4) is 0 Å². The molecule has 0 radical (unpaired) electrons. The van der Waals surface area contributed by atoms with E-state index in [1.165, 1.54) is 215 Å². The van der Waals surface area contributed by atoms with E-state index in [9.17, 15) is 0 Å². The molecule has 0 saturated heterocycles. The summed E-state index contributed by atoms with van der Waals surface area (Å²) < 4.78 is 2.41. The lowest BCUT2D eigenvalue weighted by Crippen LogP contribution is -2.51. The summed E-state index contributed by atoms with van der Waals surface area (Å²) in [7, 11) is 9.86. The van der Waals surface area contributed by atoms with Gasteiger partial charge in [-0.3, -0.25) is 0 Å². The van der Waals surface area contributed by atoms with Crippen molar-refractivity contribution in [3.05, 3.63) is 0 Å². The third kappa shape index (κ3) is 30.9. The van der Waals surface area contributed by atoms with Crippen LogP contribution in [0.5, 0.6) is 0 Å². The van der Waals surface area contributed by atoms with Crippen molar-refractivity contribution < 1.29 is 8.97 Å². The van der Waals surface area contributed by atoms with E-state index in [1.54, 1.807) is 0 Å². The summed E-state index contributed by atoms with van der Waals surface area (Å²) in [5.41, 5.74) is 0. The van der Waals surface area contributed by atoms with E-state index in [0.717, 1.165) is 0 Å². The molecule has 0 fully saturated rings. The average Bonchev–Trinajstić information content (AvgIpc) is 2.92. The molecule has 242 valence electrons. The molecular formula is C38H82N2+2. The largest absolute Gasteiger partial charge is 0.324 e. The molecule has 0 aliphatic rings. The van der Waals surface area contributed by atoms with Crippen LogP contribution in [0.15, 0.2) is 0 Å². The van der Waals surface area contributed by atoms with Crippen molar-refractivity contribution in [2.75, 3.05) is 54.4 Å². The molecule has 0 aromatic rings. The zero-order valence-electron chi connectivity index (χ0n) is 29.5. The van der Waals surface area contributed by atoms with Crippen molar-refractivity contribution in [3.8, 4) is 0 Å². The van der Waals surface area contributed by atoms with E-state index in [1.807, 2.05) is 0 Å². The van der Waals surface area contributed by atoms with Crippen LogP contribution in [0.2, 0.25) is 0 Å². The smallest absolute Gasteiger partial charge is 0.128 e. The number of quaternary nitrogens is 2. The number of unbranched alkanes of at least 4 members (excludes halogenated alkanes) is 26. The zero-order valence-corrected chi connectivity index (χ0v) is 29.5. The van der Waals surface area contributed by atoms with Crippen LogP contribution < -0.4 is 0 Å². The maximum Gasteiger partial charge on any atom is 0.128 e. The van der Waals surface area contributed by atoms with Crippen molar-refractivity contribution >= 4 is 0 Å². The second-order valence-corrected chi connectivity index (χ2v) is 15.0. The van der Waals surface area contributed by atoms with Crippen LogP contribution >= 0.6 is 0 Å². The molecule has 2 nitrogen and oxygen atoms in total. The first-order valence-electron chi connectivity index (χ1n) is 19.0. The molecule has 0 heterocycles. The number of likely N-dealkylation sites (N-methyl/N-ethyl adjacent to an activating group) is 2. The van der Waals surface area contributed by atoms with Gasteiger partial charge < -0.3 is 8.97 Å². The Morgan fingerprint density at radius 2 is 0.400 bits per heavy atom. The van der Waals surface area contributed by atoms with Gasteiger partial charge in [-0.05, 0) is 25.7 Å². The third-order valence-corrected chi connectivity index (χ3v) is 9.54. The first-order valence-corrected chi connectivity index (χ1v) is 19.0. The highest BCUT2D eigenvalue weighted by atomic mass is 15.4. The van der Waals surface area contributed by atoms with Crippen LogP contribution in [-0.2, 0) is 0 Å². The fraction of sp³-hybridized carbons (Fsp3) is 1.00. The van der Waals surface area contributed by atoms with Gasteiger partial charge in [-0.1, -0.05) is 168 Å². The lowest BCUT2D eigenvalue weighted by atomic mass is 10.0. The maximum atomic E-state index is 2.47. The van der Waals surface area contributed by atoms with E-state index in [-0.39, 0.29) is 0 Å². The second-order valence-electron chi connectivity index (χ2n) is 15.0. The third-order valence-electron chi connectivity index (χ3n) is 9.54. The van der Waals surface area contributed by atoms with Gasteiger partial charge in [0, 0.05) is 0 Å². The molecule has 0 rings (SSSR count). The summed E-state index contributed by atoms with van der Waals surface area (Å²) in [6.45, 7) is 9.98. The van der Waals surface area contributed by atoms with Crippen LogP contribution in [0, 0.1) is 0 Å². The van der Waals surface area contributed by atoms with E-state index < -0.39 is 0 Å². The zero-order chi connectivity index (χ0) is 29.6. The van der Waals surface area contributed by atoms with Crippen LogP contribution in [-0.4, -0.2) is 63.3 Å². The first-order chi connectivity index (χ1) is 19.3. The van der Waals surface area contributed by atoms with Gasteiger partial charge in [0.15, 0.2) is 0 Å². The Labute approximate surface area is 256 Å². The van der Waals surface area contributed by atoms with Crippen molar-refractivity contribution in [1.29, 1.82) is 0 Å². The molecule has 2 heteroatoms. The predicted octanol–water partition coefficient (Wildman–Crippen LogP) is 12.1. The van der Waals surface area contributed by atoms with Gasteiger partial charge in [-0.25, -0.2) is 0 Å². The van der Waals surface area contributed by atoms with E-state index in [4.69, 9.17) is 0 Å². The monoisotopic (exact) mass is 567 g/mol. The van der Waals surface area contributed by atoms with Gasteiger partial charge in [-0.2, -0.15) is 0 Å². The summed E-state index contributed by atoms with van der Waals surface area (Å²) in [5.74, 6) is 0. The Balaban J connectivity index is 3.50. The molecule has 40 heavy (non-hydrogen) atoms. The lowest BCUT2D eigenvalue weighted by Gasteiger charge is -2.36. The highest BCUT2D eigenvalue weighted by Gasteiger charge is 2.22. The Kier molecular flexibility index (Phi) is 29.0. The minimum absolute atomic E-state index is 1.21. The van der Waals surface area contributed by atoms with Crippen molar-refractivity contribution in [2.45, 2.75) is 194 Å². The summed E-state index contributed by atoms with van der Waals surface area (Å²) in [6.07, 6.45) is 40.8. The minimum atomic E-state index is 1.21. The van der Waals surface area contributed by atoms with Crippen molar-refractivity contribution in [1.82, 2.24) is 0 Å². The van der Waals surface area contributed by atoms with Gasteiger partial charge in [0.2, 0.25) is 0 Å². The molecule has 0 amide bonds. The summed E-state index contributed by atoms with van der Waals surface area (Å²) >= 11 is 0. The lowest BCUT2D eigenvalue weighted by molar-refractivity contribution is -0.946. The normalized spacial score (nSPS) is 12.4. The molecule has 0 spiro atoms. The molecule has 0 unspecified atom stereocenters. The quantitative estimate of drug-likeness (QED) is 0.0547. The molecule has 0 N–H and O–H groups in total. The Morgan fingerprint density at radius 1 is 0.225 bits per heavy atom. The van der Waals surface area contributed by atoms with Crippen LogP contribution in [0.4, 0.5) is 0 Å². The predicted molar refractivity (Wildman–Crippen MR) is 184 cm³/mol. The summed E-state index contributed by atoms with van der Waals surface area (Å²) in [5, 5.41) is 0. The highest BCUT2D eigenvalue weighted by molar-refractivity contribution is 4.51. The standard InChI is InChI=1S/C38H82N2/c1-7-9-11-13-15-17-19-20-21-22-23-24-25-26-28-30-32-34-36-40(5,6)38-37-39(3,4)35-33-31-29-27-18-16-14-12-10-8-2/h7-38H2,1-6H3/q+2. The number of rotatable bonds is 33. The molecule has 0 aliphatic heterocycles. The van der Waals surface area contributed by atoms with E-state index >= 15 is 0 Å². The molecule has 0 saturated carbocycles. The SMILES string of the molecule is CCCCCCCCCCCCCCCCCCCC[N+](C)(C)CC[N+](C)(C)CCCCCCCCCCCC. The van der Waals surface area contributed by atoms with Gasteiger partial charge in [-0.15, -0.1) is 0 Å². The second kappa shape index (κ2) is 29.0. The topological polar surface area (TPSA) is 0 Å². The molecule has 0 atom stereocenters. The van der Waals surface area contributed by atoms with E-state index in [0.29, 0.717) is 0 Å². The maximum absolute atomic E-state index is 2.47. The van der Waals surface area contributed by atoms with Gasteiger partial charge in [0.1, 0.15) is 13.1 Å². The van der Waals surface area contributed by atoms with Gasteiger partial charge >= 0.3 is 0 Å². The molecule has 0 bridgehead atoms. The fourth-order valence-electron chi connectivity index (χ4n) is 6.23. The van der Waals surface area contributed by atoms with Crippen LogP contribution in [0.25, 0.3) is 0 Å². The highest BCUT2D eigenvalue weighted by Crippen LogP contribution is 2.16. The van der Waals surface area contributed by atoms with Gasteiger partial charge in [0.05, 0.1) is 41.3 Å². The van der Waals surface area contributed by atoms with Crippen molar-refractivity contribution in [2.24, 2.45) is 0 Å². The minimum Gasteiger partial charge on any atom is -0.324 e. The Morgan fingerprint density at radius 3 is 0.600 bits per heavy atom. The molecule has 0 aromatic carbocycles. The Hall–Kier alpha value is -0.0800.